The van der Waals surface area contributed by atoms with Crippen LogP contribution in [-0.2, 0) is 6.42 Å². The van der Waals surface area contributed by atoms with E-state index in [1.165, 1.54) is 0 Å². The Hall–Kier alpha value is -2.55. The lowest BCUT2D eigenvalue weighted by Crippen LogP contribution is -2.15. The number of hydrogen-bond acceptors (Lipinski definition) is 3. The van der Waals surface area contributed by atoms with Crippen molar-refractivity contribution in [3.63, 3.8) is 0 Å². The van der Waals surface area contributed by atoms with Crippen molar-refractivity contribution in [1.29, 1.82) is 0 Å². The summed E-state index contributed by atoms with van der Waals surface area (Å²) in [7, 11) is 5.68. The number of methoxy groups -OCH3 is 1. The molecule has 3 rings (SSSR count). The highest BCUT2D eigenvalue weighted by Crippen LogP contribution is 2.32. The molecular formula is C20H21NO2. The van der Waals surface area contributed by atoms with Crippen molar-refractivity contribution in [2.75, 3.05) is 26.1 Å². The van der Waals surface area contributed by atoms with Gasteiger partial charge in [-0.2, -0.15) is 0 Å². The number of anilines is 1. The van der Waals surface area contributed by atoms with Gasteiger partial charge in [-0.05, 0) is 42.7 Å². The van der Waals surface area contributed by atoms with Crippen molar-refractivity contribution in [1.82, 2.24) is 0 Å². The molecule has 0 spiro atoms. The minimum atomic E-state index is 0.113. The molecule has 2 aromatic rings. The maximum absolute atomic E-state index is 12.7. The third-order valence-corrected chi connectivity index (χ3v) is 4.28. The molecule has 0 radical (unpaired) electrons. The normalized spacial score (nSPS) is 15.4. The fourth-order valence-corrected chi connectivity index (χ4v) is 2.98. The van der Waals surface area contributed by atoms with Gasteiger partial charge in [-0.15, -0.1) is 0 Å². The van der Waals surface area contributed by atoms with Gasteiger partial charge in [0.15, 0.2) is 5.78 Å². The van der Waals surface area contributed by atoms with Gasteiger partial charge in [0.1, 0.15) is 5.75 Å². The number of ketones is 1. The first-order valence-electron chi connectivity index (χ1n) is 7.78. The molecule has 1 aliphatic rings. The molecule has 0 aromatic heterocycles. The lowest BCUT2D eigenvalue weighted by Gasteiger charge is -2.20. The lowest BCUT2D eigenvalue weighted by atomic mass is 9.85. The summed E-state index contributed by atoms with van der Waals surface area (Å²) in [5.74, 6) is 0.923. The third kappa shape index (κ3) is 3.00. The number of allylic oxidation sites excluding steroid dienone is 1. The Morgan fingerprint density at radius 3 is 2.43 bits per heavy atom. The predicted molar refractivity (Wildman–Crippen MR) is 94.4 cm³/mol. The van der Waals surface area contributed by atoms with Crippen molar-refractivity contribution < 1.29 is 9.53 Å². The number of carbonyl (C=O) groups excluding carboxylic acids is 1. The van der Waals surface area contributed by atoms with Crippen LogP contribution >= 0.6 is 0 Å². The maximum Gasteiger partial charge on any atom is 0.189 e. The van der Waals surface area contributed by atoms with E-state index in [0.29, 0.717) is 0 Å². The summed E-state index contributed by atoms with van der Waals surface area (Å²) in [4.78, 5) is 14.8. The van der Waals surface area contributed by atoms with Gasteiger partial charge in [0.05, 0.1) is 7.11 Å². The van der Waals surface area contributed by atoms with Gasteiger partial charge in [0, 0.05) is 36.5 Å². The fourth-order valence-electron chi connectivity index (χ4n) is 2.98. The van der Waals surface area contributed by atoms with E-state index in [4.69, 9.17) is 4.74 Å². The number of hydrogen-bond donors (Lipinski definition) is 0. The molecule has 2 aromatic carbocycles. The molecule has 0 saturated heterocycles. The van der Waals surface area contributed by atoms with Crippen LogP contribution in [0, 0.1) is 0 Å². The predicted octanol–water partition coefficient (Wildman–Crippen LogP) is 3.97. The number of ether oxygens (including phenoxy) is 1. The zero-order valence-corrected chi connectivity index (χ0v) is 13.8. The van der Waals surface area contributed by atoms with Gasteiger partial charge in [-0.3, -0.25) is 4.79 Å². The molecule has 0 heterocycles. The molecule has 0 saturated carbocycles. The van der Waals surface area contributed by atoms with E-state index >= 15 is 0 Å². The molecule has 0 N–H and O–H groups in total. The van der Waals surface area contributed by atoms with E-state index < -0.39 is 0 Å². The first kappa shape index (κ1) is 15.3. The lowest BCUT2D eigenvalue weighted by molar-refractivity contribution is 0.102. The van der Waals surface area contributed by atoms with Crippen LogP contribution in [0.25, 0.3) is 6.08 Å². The van der Waals surface area contributed by atoms with Crippen molar-refractivity contribution in [2.45, 2.75) is 12.8 Å². The van der Waals surface area contributed by atoms with Gasteiger partial charge < -0.3 is 9.64 Å². The third-order valence-electron chi connectivity index (χ3n) is 4.28. The average Bonchev–Trinajstić information content (AvgIpc) is 2.57. The molecule has 3 heteroatoms. The second-order valence-electron chi connectivity index (χ2n) is 5.97. The van der Waals surface area contributed by atoms with E-state index in [2.05, 4.69) is 29.2 Å². The highest BCUT2D eigenvalue weighted by atomic mass is 16.5. The number of carbonyl (C=O) groups is 1. The van der Waals surface area contributed by atoms with Crippen molar-refractivity contribution in [3.05, 3.63) is 64.7 Å². The summed E-state index contributed by atoms with van der Waals surface area (Å²) >= 11 is 0. The Kier molecular flexibility index (Phi) is 4.20. The molecular weight excluding hydrogens is 286 g/mol. The second kappa shape index (κ2) is 6.29. The van der Waals surface area contributed by atoms with E-state index in [9.17, 15) is 4.79 Å². The standard InChI is InChI=1S/C20H21NO2/c1-21(2)16-10-7-14(8-11-16)13-15-9-12-17-18(20(15)22)5-4-6-19(17)23-3/h4-8,10-11,13H,9,12H2,1-3H3/b15-13-. The molecule has 0 unspecified atom stereocenters. The molecule has 0 amide bonds. The Morgan fingerprint density at radius 2 is 1.78 bits per heavy atom. The zero-order chi connectivity index (χ0) is 16.4. The van der Waals surface area contributed by atoms with Gasteiger partial charge >= 0.3 is 0 Å². The second-order valence-corrected chi connectivity index (χ2v) is 5.97. The van der Waals surface area contributed by atoms with Crippen LogP contribution in [0.5, 0.6) is 5.75 Å². The minimum Gasteiger partial charge on any atom is -0.496 e. The molecule has 118 valence electrons. The molecule has 3 nitrogen and oxygen atoms in total. The van der Waals surface area contributed by atoms with Gasteiger partial charge in [-0.1, -0.05) is 24.3 Å². The highest BCUT2D eigenvalue weighted by molar-refractivity contribution is 6.13. The van der Waals surface area contributed by atoms with E-state index in [1.807, 2.05) is 38.4 Å². The Balaban J connectivity index is 1.91. The van der Waals surface area contributed by atoms with Crippen LogP contribution in [-0.4, -0.2) is 27.0 Å². The molecule has 0 fully saturated rings. The van der Waals surface area contributed by atoms with E-state index in [-0.39, 0.29) is 5.78 Å². The van der Waals surface area contributed by atoms with Crippen LogP contribution < -0.4 is 9.64 Å². The summed E-state index contributed by atoms with van der Waals surface area (Å²) in [6, 6.07) is 13.9. The fraction of sp³-hybridized carbons (Fsp3) is 0.250. The van der Waals surface area contributed by atoms with Crippen molar-refractivity contribution >= 4 is 17.5 Å². The van der Waals surface area contributed by atoms with Gasteiger partial charge in [-0.25, -0.2) is 0 Å². The first-order valence-corrected chi connectivity index (χ1v) is 7.78. The summed E-state index contributed by atoms with van der Waals surface area (Å²) in [5, 5.41) is 0. The number of Topliss-reactive ketones (excluding diaryl/α,β-unsaturated/α-hetero) is 1. The van der Waals surface area contributed by atoms with Crippen molar-refractivity contribution in [2.24, 2.45) is 0 Å². The topological polar surface area (TPSA) is 29.5 Å². The Labute approximate surface area is 137 Å². The monoisotopic (exact) mass is 307 g/mol. The van der Waals surface area contributed by atoms with Gasteiger partial charge in [0.25, 0.3) is 0 Å². The number of benzene rings is 2. The Morgan fingerprint density at radius 1 is 1.04 bits per heavy atom. The molecule has 0 aliphatic heterocycles. The van der Waals surface area contributed by atoms with Crippen LogP contribution in [0.4, 0.5) is 5.69 Å². The number of fused-ring (bicyclic) bond motifs is 1. The zero-order valence-electron chi connectivity index (χ0n) is 13.8. The molecule has 23 heavy (non-hydrogen) atoms. The van der Waals surface area contributed by atoms with Crippen LogP contribution in [0.3, 0.4) is 0 Å². The van der Waals surface area contributed by atoms with E-state index in [0.717, 1.165) is 46.5 Å². The number of rotatable bonds is 3. The smallest absolute Gasteiger partial charge is 0.189 e. The quantitative estimate of drug-likeness (QED) is 0.804. The summed E-state index contributed by atoms with van der Waals surface area (Å²) in [6.07, 6.45) is 3.60. The average molecular weight is 307 g/mol. The molecule has 1 aliphatic carbocycles. The van der Waals surface area contributed by atoms with Crippen LogP contribution in [0.1, 0.15) is 27.9 Å². The summed E-state index contributed by atoms with van der Waals surface area (Å²) < 4.78 is 5.37. The molecule has 0 bridgehead atoms. The largest absolute Gasteiger partial charge is 0.496 e. The first-order chi connectivity index (χ1) is 11.1. The van der Waals surface area contributed by atoms with Crippen molar-refractivity contribution in [3.8, 4) is 5.75 Å². The van der Waals surface area contributed by atoms with Crippen LogP contribution in [0.2, 0.25) is 0 Å². The molecule has 0 atom stereocenters. The highest BCUT2D eigenvalue weighted by Gasteiger charge is 2.24. The van der Waals surface area contributed by atoms with Crippen LogP contribution in [0.15, 0.2) is 48.0 Å². The minimum absolute atomic E-state index is 0.113. The summed E-state index contributed by atoms with van der Waals surface area (Å²) in [5.41, 5.74) is 4.87. The Bertz CT molecular complexity index is 758. The number of nitrogens with zero attached hydrogens (tertiary/aromatic N) is 1. The SMILES string of the molecule is COc1cccc2c1CC/C(=C/c1ccc(N(C)C)cc1)C2=O. The van der Waals surface area contributed by atoms with E-state index in [1.54, 1.807) is 7.11 Å². The summed E-state index contributed by atoms with van der Waals surface area (Å²) in [6.45, 7) is 0. The maximum atomic E-state index is 12.7. The van der Waals surface area contributed by atoms with Gasteiger partial charge in [0.2, 0.25) is 0 Å².